The van der Waals surface area contributed by atoms with Crippen LogP contribution in [0.3, 0.4) is 0 Å². The van der Waals surface area contributed by atoms with Gasteiger partial charge in [-0.05, 0) is 31.5 Å². The molecule has 0 aromatic carbocycles. The molecule has 1 aliphatic heterocycles. The largest absolute Gasteiger partial charge is 0.417 e. The summed E-state index contributed by atoms with van der Waals surface area (Å²) in [4.78, 5) is 15.8. The quantitative estimate of drug-likeness (QED) is 0.805. The van der Waals surface area contributed by atoms with Crippen molar-refractivity contribution in [2.45, 2.75) is 25.1 Å². The molecule has 26 heavy (non-hydrogen) atoms. The van der Waals surface area contributed by atoms with Crippen LogP contribution in [0.15, 0.2) is 24.5 Å². The lowest BCUT2D eigenvalue weighted by molar-refractivity contribution is -0.137. The number of amides is 1. The summed E-state index contributed by atoms with van der Waals surface area (Å²) in [5.74, 6) is -0.226. The zero-order chi connectivity index (χ0) is 17.2. The molecule has 3 rings (SSSR count). The lowest BCUT2D eigenvalue weighted by Crippen LogP contribution is -2.45. The lowest BCUT2D eigenvalue weighted by atomic mass is 10.1. The van der Waals surface area contributed by atoms with Gasteiger partial charge in [-0.25, -0.2) is 9.67 Å². The van der Waals surface area contributed by atoms with Crippen molar-refractivity contribution in [3.63, 3.8) is 0 Å². The van der Waals surface area contributed by atoms with Crippen LogP contribution >= 0.6 is 24.8 Å². The fourth-order valence-corrected chi connectivity index (χ4v) is 2.40. The number of aromatic nitrogens is 4. The molecule has 2 aromatic rings. The molecule has 2 N–H and O–H groups in total. The average Bonchev–Trinajstić information content (AvgIpc) is 3.05. The standard InChI is InChI=1S/C14H15F3N6O.2ClH/c15-14(16,17)9-3-4-12(19-6-9)23-8-11(21-22-23)13(24)20-10-2-1-5-18-7-10;;/h3-4,6,8,10,18H,1-2,5,7H2,(H,20,24);2*1H. The number of carbonyl (C=O) groups is 1. The van der Waals surface area contributed by atoms with Gasteiger partial charge in [-0.1, -0.05) is 5.21 Å². The van der Waals surface area contributed by atoms with E-state index in [1.54, 1.807) is 0 Å². The number of rotatable bonds is 3. The van der Waals surface area contributed by atoms with Crippen LogP contribution in [0.5, 0.6) is 0 Å². The van der Waals surface area contributed by atoms with E-state index >= 15 is 0 Å². The Morgan fingerprint density at radius 3 is 2.65 bits per heavy atom. The summed E-state index contributed by atoms with van der Waals surface area (Å²) < 4.78 is 38.7. The van der Waals surface area contributed by atoms with E-state index in [1.165, 1.54) is 12.3 Å². The van der Waals surface area contributed by atoms with Gasteiger partial charge in [-0.15, -0.1) is 29.9 Å². The van der Waals surface area contributed by atoms with Crippen LogP contribution in [0, 0.1) is 0 Å². The third kappa shape index (κ3) is 5.29. The summed E-state index contributed by atoms with van der Waals surface area (Å²) in [7, 11) is 0. The van der Waals surface area contributed by atoms with Crippen LogP contribution in [0.2, 0.25) is 0 Å². The van der Waals surface area contributed by atoms with Gasteiger partial charge < -0.3 is 10.6 Å². The predicted octanol–water partition coefficient (Wildman–Crippen LogP) is 2.01. The molecule has 3 heterocycles. The molecule has 1 unspecified atom stereocenters. The number of pyridine rings is 1. The first-order valence-corrected chi connectivity index (χ1v) is 7.41. The summed E-state index contributed by atoms with van der Waals surface area (Å²) >= 11 is 0. The van der Waals surface area contributed by atoms with E-state index < -0.39 is 11.7 Å². The molecule has 7 nitrogen and oxygen atoms in total. The molecule has 2 aromatic heterocycles. The van der Waals surface area contributed by atoms with Crippen molar-refractivity contribution >= 4 is 30.7 Å². The van der Waals surface area contributed by atoms with Crippen LogP contribution in [-0.2, 0) is 6.18 Å². The molecule has 144 valence electrons. The van der Waals surface area contributed by atoms with Crippen LogP contribution in [0.25, 0.3) is 5.82 Å². The van der Waals surface area contributed by atoms with Crippen molar-refractivity contribution in [2.75, 3.05) is 13.1 Å². The van der Waals surface area contributed by atoms with E-state index in [0.29, 0.717) is 12.7 Å². The minimum Gasteiger partial charge on any atom is -0.347 e. The van der Waals surface area contributed by atoms with Gasteiger partial charge in [0.1, 0.15) is 0 Å². The third-order valence-corrected chi connectivity index (χ3v) is 3.67. The van der Waals surface area contributed by atoms with Crippen molar-refractivity contribution < 1.29 is 18.0 Å². The van der Waals surface area contributed by atoms with Crippen LogP contribution in [-0.4, -0.2) is 45.0 Å². The Labute approximate surface area is 159 Å². The summed E-state index contributed by atoms with van der Waals surface area (Å²) in [6.45, 7) is 1.63. The Morgan fingerprint density at radius 1 is 1.31 bits per heavy atom. The minimum atomic E-state index is -4.45. The van der Waals surface area contributed by atoms with Crippen molar-refractivity contribution in [1.29, 1.82) is 0 Å². The Balaban J connectivity index is 0.00000169. The maximum atomic E-state index is 12.5. The molecule has 1 saturated heterocycles. The fraction of sp³-hybridized carbons (Fsp3) is 0.429. The molecular weight excluding hydrogens is 396 g/mol. The number of nitrogens with zero attached hydrogens (tertiary/aromatic N) is 4. The van der Waals surface area contributed by atoms with E-state index in [2.05, 4.69) is 25.9 Å². The maximum Gasteiger partial charge on any atom is 0.417 e. The van der Waals surface area contributed by atoms with Crippen molar-refractivity contribution in [1.82, 2.24) is 30.6 Å². The highest BCUT2D eigenvalue weighted by Crippen LogP contribution is 2.28. The van der Waals surface area contributed by atoms with Gasteiger partial charge in [0.15, 0.2) is 11.5 Å². The SMILES string of the molecule is Cl.Cl.O=C(NC1CCCNC1)c1cn(-c2ccc(C(F)(F)F)cn2)nn1. The molecule has 1 atom stereocenters. The zero-order valence-electron chi connectivity index (χ0n) is 13.4. The average molecular weight is 413 g/mol. The van der Waals surface area contributed by atoms with Gasteiger partial charge in [0.25, 0.3) is 5.91 Å². The van der Waals surface area contributed by atoms with Crippen LogP contribution < -0.4 is 10.6 Å². The smallest absolute Gasteiger partial charge is 0.347 e. The van der Waals surface area contributed by atoms with Gasteiger partial charge in [-0.2, -0.15) is 13.2 Å². The van der Waals surface area contributed by atoms with Gasteiger partial charge in [-0.3, -0.25) is 4.79 Å². The molecule has 0 radical (unpaired) electrons. The number of halogens is 5. The van der Waals surface area contributed by atoms with Crippen molar-refractivity contribution in [2.24, 2.45) is 0 Å². The first-order valence-electron chi connectivity index (χ1n) is 7.41. The second-order valence-electron chi connectivity index (χ2n) is 5.47. The number of nitrogens with one attached hydrogen (secondary N) is 2. The Kier molecular flexibility index (Phi) is 7.79. The van der Waals surface area contributed by atoms with E-state index in [1.807, 2.05) is 0 Å². The van der Waals surface area contributed by atoms with Gasteiger partial charge in [0.05, 0.1) is 11.8 Å². The molecule has 1 aliphatic rings. The summed E-state index contributed by atoms with van der Waals surface area (Å²) in [6, 6.07) is 2.10. The molecule has 0 bridgehead atoms. The highest BCUT2D eigenvalue weighted by Gasteiger charge is 2.30. The number of piperidine rings is 1. The van der Waals surface area contributed by atoms with E-state index in [-0.39, 0.29) is 48.3 Å². The minimum absolute atomic E-state index is 0. The molecule has 1 amide bonds. The van der Waals surface area contributed by atoms with Gasteiger partial charge >= 0.3 is 6.18 Å². The molecular formula is C14H17Cl2F3N6O. The monoisotopic (exact) mass is 412 g/mol. The van der Waals surface area contributed by atoms with Crippen LogP contribution in [0.1, 0.15) is 28.9 Å². The Morgan fingerprint density at radius 2 is 2.08 bits per heavy atom. The first-order chi connectivity index (χ1) is 11.4. The summed E-state index contributed by atoms with van der Waals surface area (Å²) in [5.41, 5.74) is -0.767. The zero-order valence-corrected chi connectivity index (χ0v) is 15.0. The summed E-state index contributed by atoms with van der Waals surface area (Å²) in [5, 5.41) is 13.5. The Hall–Kier alpha value is -1.91. The van der Waals surface area contributed by atoms with E-state index in [9.17, 15) is 18.0 Å². The van der Waals surface area contributed by atoms with E-state index in [4.69, 9.17) is 0 Å². The topological polar surface area (TPSA) is 84.7 Å². The number of hydrogen-bond donors (Lipinski definition) is 2. The second kappa shape index (κ2) is 9.15. The maximum absolute atomic E-state index is 12.5. The number of alkyl halides is 3. The Bertz CT molecular complexity index is 716. The van der Waals surface area contributed by atoms with Crippen molar-refractivity contribution in [3.05, 3.63) is 35.8 Å². The second-order valence-corrected chi connectivity index (χ2v) is 5.47. The normalized spacial score (nSPS) is 17.0. The highest BCUT2D eigenvalue weighted by molar-refractivity contribution is 5.92. The van der Waals surface area contributed by atoms with E-state index in [0.717, 1.165) is 30.1 Å². The molecule has 0 spiro atoms. The van der Waals surface area contributed by atoms with Gasteiger partial charge in [0, 0.05) is 18.8 Å². The first kappa shape index (κ1) is 22.1. The fourth-order valence-electron chi connectivity index (χ4n) is 2.40. The van der Waals surface area contributed by atoms with Crippen LogP contribution in [0.4, 0.5) is 13.2 Å². The number of carbonyl (C=O) groups excluding carboxylic acids is 1. The van der Waals surface area contributed by atoms with Crippen molar-refractivity contribution in [3.8, 4) is 5.82 Å². The number of hydrogen-bond acceptors (Lipinski definition) is 5. The highest BCUT2D eigenvalue weighted by atomic mass is 35.5. The molecule has 1 fully saturated rings. The third-order valence-electron chi connectivity index (χ3n) is 3.67. The summed E-state index contributed by atoms with van der Waals surface area (Å²) in [6.07, 6.45) is -0.543. The molecule has 0 saturated carbocycles. The molecule has 12 heteroatoms. The van der Waals surface area contributed by atoms with Gasteiger partial charge in [0.2, 0.25) is 0 Å². The molecule has 0 aliphatic carbocycles. The predicted molar refractivity (Wildman–Crippen MR) is 92.0 cm³/mol. The lowest BCUT2D eigenvalue weighted by Gasteiger charge is -2.23.